The van der Waals surface area contributed by atoms with Crippen LogP contribution in [0.3, 0.4) is 0 Å². The molecule has 0 heterocycles. The van der Waals surface area contributed by atoms with Gasteiger partial charge in [0.05, 0.1) is 6.61 Å². The maximum atomic E-state index is 11.8. The molecule has 21 heavy (non-hydrogen) atoms. The monoisotopic (exact) mass is 291 g/mol. The highest BCUT2D eigenvalue weighted by Gasteiger charge is 2.17. The molecule has 0 saturated heterocycles. The van der Waals surface area contributed by atoms with Crippen molar-refractivity contribution in [3.63, 3.8) is 0 Å². The van der Waals surface area contributed by atoms with E-state index in [1.165, 1.54) is 5.56 Å². The van der Waals surface area contributed by atoms with Crippen LogP contribution >= 0.6 is 0 Å². The van der Waals surface area contributed by atoms with Gasteiger partial charge in [0, 0.05) is 6.42 Å². The molecule has 4 heteroatoms. The summed E-state index contributed by atoms with van der Waals surface area (Å²) < 4.78 is 5.09. The Labute approximate surface area is 126 Å². The van der Waals surface area contributed by atoms with Gasteiger partial charge < -0.3 is 10.1 Å². The van der Waals surface area contributed by atoms with Gasteiger partial charge in [0.2, 0.25) is 5.91 Å². The zero-order valence-corrected chi connectivity index (χ0v) is 13.1. The van der Waals surface area contributed by atoms with Gasteiger partial charge in [0.25, 0.3) is 0 Å². The van der Waals surface area contributed by atoms with Crippen LogP contribution < -0.4 is 5.32 Å². The number of nitrogens with one attached hydrogen (secondary N) is 1. The molecule has 0 bridgehead atoms. The number of rotatable bonds is 8. The van der Waals surface area contributed by atoms with Crippen molar-refractivity contribution >= 4 is 11.9 Å². The van der Waals surface area contributed by atoms with Crippen LogP contribution in [0.15, 0.2) is 30.3 Å². The lowest BCUT2D eigenvalue weighted by atomic mass is 10.1. The summed E-state index contributed by atoms with van der Waals surface area (Å²) in [5.74, 6) is -0.192. The van der Waals surface area contributed by atoms with Crippen molar-refractivity contribution in [1.82, 2.24) is 5.32 Å². The highest BCUT2D eigenvalue weighted by Crippen LogP contribution is 2.04. The second-order valence-electron chi connectivity index (χ2n) is 5.65. The molecular formula is C17H25NO3. The van der Waals surface area contributed by atoms with E-state index in [0.717, 1.165) is 12.8 Å². The molecule has 0 spiro atoms. The fraction of sp³-hybridized carbons (Fsp3) is 0.529. The maximum Gasteiger partial charge on any atom is 0.328 e. The predicted octanol–water partition coefficient (Wildman–Crippen LogP) is 2.71. The molecule has 116 valence electrons. The van der Waals surface area contributed by atoms with Crippen molar-refractivity contribution in [2.45, 2.75) is 46.1 Å². The predicted molar refractivity (Wildman–Crippen MR) is 82.8 cm³/mol. The Morgan fingerprint density at radius 1 is 1.14 bits per heavy atom. The van der Waals surface area contributed by atoms with Crippen molar-refractivity contribution in [3.05, 3.63) is 35.9 Å². The molecule has 0 aromatic heterocycles. The van der Waals surface area contributed by atoms with E-state index in [2.05, 4.69) is 5.32 Å². The van der Waals surface area contributed by atoms with Crippen LogP contribution in [0.4, 0.5) is 0 Å². The Bertz CT molecular complexity index is 443. The van der Waals surface area contributed by atoms with Gasteiger partial charge in [-0.1, -0.05) is 44.2 Å². The van der Waals surface area contributed by atoms with Crippen LogP contribution in [0.2, 0.25) is 0 Å². The summed E-state index contributed by atoms with van der Waals surface area (Å²) in [5, 5.41) is 2.68. The zero-order chi connectivity index (χ0) is 15.7. The molecule has 1 amide bonds. The van der Waals surface area contributed by atoms with Gasteiger partial charge in [-0.3, -0.25) is 4.79 Å². The fourth-order valence-electron chi connectivity index (χ4n) is 1.84. The summed E-state index contributed by atoms with van der Waals surface area (Å²) in [4.78, 5) is 23.4. The van der Waals surface area contributed by atoms with E-state index in [0.29, 0.717) is 18.9 Å². The van der Waals surface area contributed by atoms with E-state index < -0.39 is 6.04 Å². The lowest BCUT2D eigenvalue weighted by Gasteiger charge is -2.14. The van der Waals surface area contributed by atoms with E-state index >= 15 is 0 Å². The van der Waals surface area contributed by atoms with E-state index in [-0.39, 0.29) is 11.9 Å². The van der Waals surface area contributed by atoms with Crippen LogP contribution in [0.1, 0.15) is 39.2 Å². The third kappa shape index (κ3) is 7.49. The van der Waals surface area contributed by atoms with Crippen molar-refractivity contribution in [2.75, 3.05) is 6.61 Å². The minimum atomic E-state index is -0.590. The number of aryl methyl sites for hydroxylation is 1. The number of hydrogen-bond acceptors (Lipinski definition) is 3. The SMILES string of the molecule is CC(C)COC(=O)[C@H](C)NC(=O)CCCc1ccccc1. The first-order valence-corrected chi connectivity index (χ1v) is 7.49. The summed E-state index contributed by atoms with van der Waals surface area (Å²) in [7, 11) is 0. The first kappa shape index (κ1) is 17.2. The Balaban J connectivity index is 2.22. The van der Waals surface area contributed by atoms with Crippen LogP contribution in [-0.2, 0) is 20.7 Å². The van der Waals surface area contributed by atoms with Gasteiger partial charge in [-0.05, 0) is 31.2 Å². The highest BCUT2D eigenvalue weighted by atomic mass is 16.5. The summed E-state index contributed by atoms with van der Waals surface area (Å²) in [6.07, 6.45) is 2.04. The molecule has 0 saturated carbocycles. The normalized spacial score (nSPS) is 12.0. The van der Waals surface area contributed by atoms with E-state index in [4.69, 9.17) is 4.74 Å². The molecule has 1 aromatic rings. The van der Waals surface area contributed by atoms with E-state index in [9.17, 15) is 9.59 Å². The van der Waals surface area contributed by atoms with Gasteiger partial charge in [-0.15, -0.1) is 0 Å². The molecule has 1 rings (SSSR count). The van der Waals surface area contributed by atoms with Crippen LogP contribution in [0, 0.1) is 5.92 Å². The number of ether oxygens (including phenoxy) is 1. The molecule has 4 nitrogen and oxygen atoms in total. The largest absolute Gasteiger partial charge is 0.464 e. The number of benzene rings is 1. The van der Waals surface area contributed by atoms with E-state index in [1.807, 2.05) is 44.2 Å². The topological polar surface area (TPSA) is 55.4 Å². The molecule has 0 unspecified atom stereocenters. The Morgan fingerprint density at radius 3 is 2.43 bits per heavy atom. The van der Waals surface area contributed by atoms with Gasteiger partial charge in [-0.2, -0.15) is 0 Å². The third-order valence-electron chi connectivity index (χ3n) is 3.00. The molecule has 0 aliphatic carbocycles. The van der Waals surface area contributed by atoms with E-state index in [1.54, 1.807) is 6.92 Å². The second-order valence-corrected chi connectivity index (χ2v) is 5.65. The quantitative estimate of drug-likeness (QED) is 0.749. The number of carbonyl (C=O) groups excluding carboxylic acids is 2. The Hall–Kier alpha value is -1.84. The highest BCUT2D eigenvalue weighted by molar-refractivity contribution is 5.84. The van der Waals surface area contributed by atoms with Gasteiger partial charge in [0.1, 0.15) is 6.04 Å². The molecule has 0 radical (unpaired) electrons. The Morgan fingerprint density at radius 2 is 1.81 bits per heavy atom. The third-order valence-corrected chi connectivity index (χ3v) is 3.00. The van der Waals surface area contributed by atoms with Crippen molar-refractivity contribution < 1.29 is 14.3 Å². The molecule has 0 fully saturated rings. The first-order valence-electron chi connectivity index (χ1n) is 7.49. The molecule has 0 aliphatic rings. The minimum absolute atomic E-state index is 0.111. The standard InChI is InChI=1S/C17H25NO3/c1-13(2)12-21-17(20)14(3)18-16(19)11-7-10-15-8-5-4-6-9-15/h4-6,8-9,13-14H,7,10-12H2,1-3H3,(H,18,19)/t14-/m0/s1. The molecular weight excluding hydrogens is 266 g/mol. The smallest absolute Gasteiger partial charge is 0.328 e. The minimum Gasteiger partial charge on any atom is -0.464 e. The number of hydrogen-bond donors (Lipinski definition) is 1. The number of amides is 1. The van der Waals surface area contributed by atoms with Crippen molar-refractivity contribution in [1.29, 1.82) is 0 Å². The second kappa shape index (κ2) is 9.16. The summed E-state index contributed by atoms with van der Waals surface area (Å²) >= 11 is 0. The summed E-state index contributed by atoms with van der Waals surface area (Å²) in [5.41, 5.74) is 1.22. The summed E-state index contributed by atoms with van der Waals surface area (Å²) in [6.45, 7) is 5.98. The first-order chi connectivity index (χ1) is 9.99. The fourth-order valence-corrected chi connectivity index (χ4v) is 1.84. The summed E-state index contributed by atoms with van der Waals surface area (Å²) in [6, 6.07) is 9.45. The van der Waals surface area contributed by atoms with Crippen LogP contribution in [-0.4, -0.2) is 24.5 Å². The van der Waals surface area contributed by atoms with Gasteiger partial charge in [0.15, 0.2) is 0 Å². The lowest BCUT2D eigenvalue weighted by molar-refractivity contribution is -0.148. The molecule has 1 aromatic carbocycles. The molecule has 1 atom stereocenters. The van der Waals surface area contributed by atoms with Crippen molar-refractivity contribution in [2.24, 2.45) is 5.92 Å². The van der Waals surface area contributed by atoms with Gasteiger partial charge >= 0.3 is 5.97 Å². The average Bonchev–Trinajstić information content (AvgIpc) is 2.45. The lowest BCUT2D eigenvalue weighted by Crippen LogP contribution is -2.39. The molecule has 0 aliphatic heterocycles. The Kier molecular flexibility index (Phi) is 7.51. The van der Waals surface area contributed by atoms with Crippen molar-refractivity contribution in [3.8, 4) is 0 Å². The zero-order valence-electron chi connectivity index (χ0n) is 13.1. The van der Waals surface area contributed by atoms with Gasteiger partial charge in [-0.25, -0.2) is 4.79 Å². The number of carbonyl (C=O) groups is 2. The van der Waals surface area contributed by atoms with Crippen LogP contribution in [0.5, 0.6) is 0 Å². The average molecular weight is 291 g/mol. The van der Waals surface area contributed by atoms with Crippen LogP contribution in [0.25, 0.3) is 0 Å². The number of esters is 1. The molecule has 1 N–H and O–H groups in total. The maximum absolute atomic E-state index is 11.8.